The fourth-order valence-electron chi connectivity index (χ4n) is 2.11. The van der Waals surface area contributed by atoms with Gasteiger partial charge in [0.2, 0.25) is 0 Å². The summed E-state index contributed by atoms with van der Waals surface area (Å²) in [6.07, 6.45) is 0.0749. The maximum atomic E-state index is 11.8. The van der Waals surface area contributed by atoms with Crippen LogP contribution >= 0.6 is 11.6 Å². The average molecular weight is 375 g/mol. The first-order chi connectivity index (χ1) is 12.3. The quantitative estimate of drug-likeness (QED) is 0.622. The third-order valence-corrected chi connectivity index (χ3v) is 3.96. The van der Waals surface area contributed by atoms with Crippen molar-refractivity contribution in [2.24, 2.45) is 0 Å². The third kappa shape index (κ3) is 5.89. The van der Waals surface area contributed by atoms with Crippen molar-refractivity contribution in [1.82, 2.24) is 10.9 Å². The van der Waals surface area contributed by atoms with Crippen LogP contribution in [-0.2, 0) is 20.7 Å². The van der Waals surface area contributed by atoms with E-state index in [9.17, 15) is 14.4 Å². The Labute approximate surface area is 156 Å². The average Bonchev–Trinajstić information content (AvgIpc) is 2.61. The molecular formula is C19H19ClN2O4. The second kappa shape index (κ2) is 9.01. The normalized spacial score (nSPS) is 10.1. The van der Waals surface area contributed by atoms with Crippen molar-refractivity contribution in [3.63, 3.8) is 0 Å². The number of hydrogen-bond donors (Lipinski definition) is 2. The summed E-state index contributed by atoms with van der Waals surface area (Å²) < 4.78 is 4.91. The van der Waals surface area contributed by atoms with Crippen LogP contribution in [-0.4, -0.2) is 24.4 Å². The zero-order valence-electron chi connectivity index (χ0n) is 14.5. The van der Waals surface area contributed by atoms with Gasteiger partial charge in [0.05, 0.1) is 6.42 Å². The maximum Gasteiger partial charge on any atom is 0.310 e. The number of ether oxygens (including phenoxy) is 1. The van der Waals surface area contributed by atoms with Gasteiger partial charge in [0.1, 0.15) is 0 Å². The molecule has 2 aromatic rings. The minimum atomic E-state index is -0.638. The SMILES string of the molecule is Cc1ccc(CC(=O)OCC(=O)NNC(=O)c2ccc(Cl)cc2)cc1C. The van der Waals surface area contributed by atoms with E-state index in [2.05, 4.69) is 10.9 Å². The fraction of sp³-hybridized carbons (Fsp3) is 0.211. The molecule has 0 heterocycles. The molecule has 0 aliphatic rings. The van der Waals surface area contributed by atoms with Crippen molar-refractivity contribution < 1.29 is 19.1 Å². The van der Waals surface area contributed by atoms with Crippen LogP contribution in [0.15, 0.2) is 42.5 Å². The predicted octanol–water partition coefficient (Wildman–Crippen LogP) is 2.50. The van der Waals surface area contributed by atoms with E-state index in [4.69, 9.17) is 16.3 Å². The summed E-state index contributed by atoms with van der Waals surface area (Å²) in [6, 6.07) is 11.8. The van der Waals surface area contributed by atoms with Crippen LogP contribution in [0.25, 0.3) is 0 Å². The zero-order chi connectivity index (χ0) is 19.1. The molecular weight excluding hydrogens is 356 g/mol. The number of nitrogens with one attached hydrogen (secondary N) is 2. The molecule has 6 nitrogen and oxygen atoms in total. The number of hydrazine groups is 1. The monoisotopic (exact) mass is 374 g/mol. The van der Waals surface area contributed by atoms with Gasteiger partial charge >= 0.3 is 5.97 Å². The van der Waals surface area contributed by atoms with Crippen LogP contribution in [0.5, 0.6) is 0 Å². The summed E-state index contributed by atoms with van der Waals surface area (Å²) in [4.78, 5) is 35.3. The lowest BCUT2D eigenvalue weighted by Crippen LogP contribution is -2.43. The van der Waals surface area contributed by atoms with Gasteiger partial charge in [0.25, 0.3) is 11.8 Å². The smallest absolute Gasteiger partial charge is 0.310 e. The number of rotatable bonds is 5. The minimum Gasteiger partial charge on any atom is -0.455 e. The molecule has 0 unspecified atom stereocenters. The molecule has 0 radical (unpaired) electrons. The molecule has 26 heavy (non-hydrogen) atoms. The maximum absolute atomic E-state index is 11.8. The summed E-state index contributed by atoms with van der Waals surface area (Å²) in [5.41, 5.74) is 7.78. The Morgan fingerprint density at radius 2 is 1.65 bits per heavy atom. The van der Waals surface area contributed by atoms with Crippen molar-refractivity contribution in [2.75, 3.05) is 6.61 Å². The highest BCUT2D eigenvalue weighted by molar-refractivity contribution is 6.30. The standard InChI is InChI=1S/C19H19ClN2O4/c1-12-3-4-14(9-13(12)2)10-18(24)26-11-17(23)21-22-19(25)15-5-7-16(20)8-6-15/h3-9H,10-11H2,1-2H3,(H,21,23)(H,22,25). The lowest BCUT2D eigenvalue weighted by molar-refractivity contribution is -0.148. The van der Waals surface area contributed by atoms with Crippen molar-refractivity contribution in [3.8, 4) is 0 Å². The van der Waals surface area contributed by atoms with E-state index in [1.165, 1.54) is 12.1 Å². The Hall–Kier alpha value is -2.86. The number of amides is 2. The van der Waals surface area contributed by atoms with E-state index in [1.54, 1.807) is 12.1 Å². The number of benzene rings is 2. The van der Waals surface area contributed by atoms with Crippen molar-refractivity contribution >= 4 is 29.4 Å². The van der Waals surface area contributed by atoms with Crippen LogP contribution in [0.2, 0.25) is 5.02 Å². The molecule has 0 bridgehead atoms. The summed E-state index contributed by atoms with van der Waals surface area (Å²) in [7, 11) is 0. The van der Waals surface area contributed by atoms with Crippen molar-refractivity contribution in [3.05, 3.63) is 69.7 Å². The van der Waals surface area contributed by atoms with Crippen molar-refractivity contribution in [1.29, 1.82) is 0 Å². The van der Waals surface area contributed by atoms with Gasteiger partial charge in [0.15, 0.2) is 6.61 Å². The highest BCUT2D eigenvalue weighted by Crippen LogP contribution is 2.11. The van der Waals surface area contributed by atoms with Crippen LogP contribution in [0.4, 0.5) is 0 Å². The predicted molar refractivity (Wildman–Crippen MR) is 97.6 cm³/mol. The molecule has 7 heteroatoms. The summed E-state index contributed by atoms with van der Waals surface area (Å²) in [5.74, 6) is -1.66. The Morgan fingerprint density at radius 3 is 2.31 bits per heavy atom. The van der Waals surface area contributed by atoms with Crippen LogP contribution in [0, 0.1) is 13.8 Å². The Kier molecular flexibility index (Phi) is 6.74. The minimum absolute atomic E-state index is 0.0749. The summed E-state index contributed by atoms with van der Waals surface area (Å²) in [5, 5.41) is 0.501. The third-order valence-electron chi connectivity index (χ3n) is 3.71. The first kappa shape index (κ1) is 19.5. The fourth-order valence-corrected chi connectivity index (χ4v) is 2.24. The molecule has 2 amide bonds. The zero-order valence-corrected chi connectivity index (χ0v) is 15.2. The van der Waals surface area contributed by atoms with E-state index >= 15 is 0 Å². The number of esters is 1. The number of hydrogen-bond acceptors (Lipinski definition) is 4. The van der Waals surface area contributed by atoms with Gasteiger partial charge in [-0.05, 0) is 54.8 Å². The molecule has 0 saturated heterocycles. The van der Waals surface area contributed by atoms with Gasteiger partial charge in [-0.25, -0.2) is 0 Å². The van der Waals surface area contributed by atoms with Gasteiger partial charge in [-0.15, -0.1) is 0 Å². The molecule has 0 fully saturated rings. The summed E-state index contributed by atoms with van der Waals surface area (Å²) >= 11 is 5.74. The molecule has 0 saturated carbocycles. The number of aryl methyl sites for hydroxylation is 2. The molecule has 0 aliphatic carbocycles. The van der Waals surface area contributed by atoms with E-state index in [-0.39, 0.29) is 6.42 Å². The van der Waals surface area contributed by atoms with E-state index in [1.807, 2.05) is 32.0 Å². The van der Waals surface area contributed by atoms with Crippen molar-refractivity contribution in [2.45, 2.75) is 20.3 Å². The Balaban J connectivity index is 1.73. The first-order valence-electron chi connectivity index (χ1n) is 7.91. The van der Waals surface area contributed by atoms with E-state index in [0.717, 1.165) is 16.7 Å². The van der Waals surface area contributed by atoms with Gasteiger partial charge in [0, 0.05) is 10.6 Å². The molecule has 2 rings (SSSR count). The van der Waals surface area contributed by atoms with Crippen LogP contribution < -0.4 is 10.9 Å². The van der Waals surface area contributed by atoms with Gasteiger partial charge in [-0.3, -0.25) is 25.2 Å². The molecule has 2 N–H and O–H groups in total. The number of carbonyl (C=O) groups is 3. The first-order valence-corrected chi connectivity index (χ1v) is 8.29. The molecule has 136 valence electrons. The number of halogens is 1. The number of carbonyl (C=O) groups excluding carboxylic acids is 3. The summed E-state index contributed by atoms with van der Waals surface area (Å²) in [6.45, 7) is 3.46. The van der Waals surface area contributed by atoms with Gasteiger partial charge < -0.3 is 4.74 Å². The van der Waals surface area contributed by atoms with Gasteiger partial charge in [-0.2, -0.15) is 0 Å². The van der Waals surface area contributed by atoms with Crippen LogP contribution in [0.3, 0.4) is 0 Å². The van der Waals surface area contributed by atoms with Crippen LogP contribution in [0.1, 0.15) is 27.0 Å². The molecule has 0 aliphatic heterocycles. The Bertz CT molecular complexity index is 819. The molecule has 0 atom stereocenters. The topological polar surface area (TPSA) is 84.5 Å². The second-order valence-corrected chi connectivity index (χ2v) is 6.20. The van der Waals surface area contributed by atoms with E-state index < -0.39 is 24.4 Å². The highest BCUT2D eigenvalue weighted by atomic mass is 35.5. The molecule has 0 aromatic heterocycles. The largest absolute Gasteiger partial charge is 0.455 e. The molecule has 2 aromatic carbocycles. The van der Waals surface area contributed by atoms with E-state index in [0.29, 0.717) is 10.6 Å². The lowest BCUT2D eigenvalue weighted by atomic mass is 10.0. The highest BCUT2D eigenvalue weighted by Gasteiger charge is 2.11. The van der Waals surface area contributed by atoms with Gasteiger partial charge in [-0.1, -0.05) is 29.8 Å². The second-order valence-electron chi connectivity index (χ2n) is 5.77. The lowest BCUT2D eigenvalue weighted by Gasteiger charge is -2.09. The Morgan fingerprint density at radius 1 is 0.962 bits per heavy atom. The molecule has 0 spiro atoms.